The molecule has 0 radical (unpaired) electrons. The molecule has 0 spiro atoms. The molecule has 8 nitrogen and oxygen atoms in total. The van der Waals surface area contributed by atoms with Crippen LogP contribution in [0.5, 0.6) is 0 Å². The van der Waals surface area contributed by atoms with Crippen LogP contribution in [0, 0.1) is 5.92 Å². The number of nitrogens with zero attached hydrogens (tertiary/aromatic N) is 4. The van der Waals surface area contributed by atoms with Crippen LogP contribution in [0.2, 0.25) is 5.28 Å². The molecule has 1 unspecified atom stereocenters. The van der Waals surface area contributed by atoms with Crippen LogP contribution in [0.15, 0.2) is 24.7 Å². The highest BCUT2D eigenvalue weighted by atomic mass is 35.5. The lowest BCUT2D eigenvalue weighted by molar-refractivity contribution is -0.137. The molecule has 1 aliphatic heterocycles. The van der Waals surface area contributed by atoms with Crippen LogP contribution < -0.4 is 10.2 Å². The molecule has 1 aliphatic rings. The molecule has 9 heteroatoms. The number of carbonyl (C=O) groups is 1. The van der Waals surface area contributed by atoms with Crippen molar-refractivity contribution in [2.75, 3.05) is 30.0 Å². The largest absolute Gasteiger partial charge is 0.481 e. The third-order valence-corrected chi connectivity index (χ3v) is 5.50. The average Bonchev–Trinajstić information content (AvgIpc) is 2.74. The lowest BCUT2D eigenvalue weighted by Crippen LogP contribution is -2.42. The summed E-state index contributed by atoms with van der Waals surface area (Å²) in [6.07, 6.45) is 6.95. The quantitative estimate of drug-likeness (QED) is 0.542. The van der Waals surface area contributed by atoms with Gasteiger partial charge >= 0.3 is 5.97 Å². The van der Waals surface area contributed by atoms with Crippen LogP contribution in [0.4, 0.5) is 17.2 Å². The Morgan fingerprint density at radius 1 is 1.23 bits per heavy atom. The van der Waals surface area contributed by atoms with Crippen molar-refractivity contribution in [3.8, 4) is 0 Å². The topological polar surface area (TPSA) is 100 Å². The van der Waals surface area contributed by atoms with E-state index < -0.39 is 5.97 Å². The molecule has 2 N–H and O–H groups in total. The molecule has 1 fully saturated rings. The minimum atomic E-state index is -0.833. The van der Waals surface area contributed by atoms with Gasteiger partial charge in [0.1, 0.15) is 0 Å². The van der Waals surface area contributed by atoms with Gasteiger partial charge in [0.25, 0.3) is 0 Å². The second kappa shape index (κ2) is 10.7. The molecular formula is C22H30ClN5O3. The third kappa shape index (κ3) is 6.51. The zero-order valence-electron chi connectivity index (χ0n) is 18.2. The van der Waals surface area contributed by atoms with Crippen molar-refractivity contribution >= 4 is 34.8 Å². The van der Waals surface area contributed by atoms with E-state index in [1.165, 1.54) is 0 Å². The first-order chi connectivity index (χ1) is 14.8. The molecule has 2 aromatic heterocycles. The van der Waals surface area contributed by atoms with Gasteiger partial charge in [-0.1, -0.05) is 20.8 Å². The molecule has 1 saturated heterocycles. The van der Waals surface area contributed by atoms with E-state index in [2.05, 4.69) is 34.0 Å². The maximum Gasteiger partial charge on any atom is 0.303 e. The van der Waals surface area contributed by atoms with Crippen LogP contribution in [0.1, 0.15) is 51.5 Å². The van der Waals surface area contributed by atoms with Crippen molar-refractivity contribution < 1.29 is 14.6 Å². The number of hydrogen-bond acceptors (Lipinski definition) is 7. The van der Waals surface area contributed by atoms with E-state index in [0.29, 0.717) is 17.6 Å². The first kappa shape index (κ1) is 23.2. The summed E-state index contributed by atoms with van der Waals surface area (Å²) in [4.78, 5) is 26.5. The summed E-state index contributed by atoms with van der Waals surface area (Å²) in [7, 11) is 0. The number of pyridine rings is 1. The summed E-state index contributed by atoms with van der Waals surface area (Å²) in [5, 5.41) is 12.8. The molecular weight excluding hydrogens is 418 g/mol. The highest BCUT2D eigenvalue weighted by Gasteiger charge is 2.26. The van der Waals surface area contributed by atoms with E-state index in [1.807, 2.05) is 13.0 Å². The fourth-order valence-electron chi connectivity index (χ4n) is 3.77. The summed E-state index contributed by atoms with van der Waals surface area (Å²) in [6.45, 7) is 8.60. The molecule has 0 amide bonds. The molecule has 1 atom stereocenters. The van der Waals surface area contributed by atoms with Crippen molar-refractivity contribution in [1.82, 2.24) is 15.0 Å². The van der Waals surface area contributed by atoms with E-state index in [1.54, 1.807) is 18.6 Å². The number of aromatic nitrogens is 3. The number of carboxylic acids is 1. The molecule has 3 heterocycles. The highest BCUT2D eigenvalue weighted by molar-refractivity contribution is 6.28. The lowest BCUT2D eigenvalue weighted by Gasteiger charge is -2.37. The SMILES string of the molecule is CC(C)CN(c1ncc(C(C)CC(=O)O)cc1Nc1cnc(Cl)nc1)C1CCOCC1. The maximum absolute atomic E-state index is 11.2. The molecule has 2 aromatic rings. The van der Waals surface area contributed by atoms with Gasteiger partial charge in [-0.25, -0.2) is 15.0 Å². The van der Waals surface area contributed by atoms with Crippen LogP contribution in [0.3, 0.4) is 0 Å². The van der Waals surface area contributed by atoms with Crippen molar-refractivity contribution in [1.29, 1.82) is 0 Å². The standard InChI is InChI=1S/C22H30ClN5O3/c1-14(2)13-28(18-4-6-31-7-5-18)21-19(27-17-11-25-22(23)26-12-17)9-16(10-24-21)15(3)8-20(29)30/h9-12,14-15,18,27H,4-8,13H2,1-3H3,(H,29,30). The second-order valence-corrected chi connectivity index (χ2v) is 8.73. The van der Waals surface area contributed by atoms with Gasteiger partial charge in [0, 0.05) is 32.0 Å². The summed E-state index contributed by atoms with van der Waals surface area (Å²) < 4.78 is 5.57. The van der Waals surface area contributed by atoms with E-state index in [-0.39, 0.29) is 17.6 Å². The van der Waals surface area contributed by atoms with Crippen molar-refractivity contribution in [2.24, 2.45) is 5.92 Å². The van der Waals surface area contributed by atoms with E-state index >= 15 is 0 Å². The predicted octanol–water partition coefficient (Wildman–Crippen LogP) is 4.49. The summed E-state index contributed by atoms with van der Waals surface area (Å²) in [6, 6.07) is 2.31. The summed E-state index contributed by atoms with van der Waals surface area (Å²) >= 11 is 5.83. The van der Waals surface area contributed by atoms with Crippen LogP contribution in [-0.2, 0) is 9.53 Å². The minimum Gasteiger partial charge on any atom is -0.481 e. The number of anilines is 3. The fraction of sp³-hybridized carbons (Fsp3) is 0.545. The predicted molar refractivity (Wildman–Crippen MR) is 121 cm³/mol. The normalized spacial score (nSPS) is 15.6. The first-order valence-electron chi connectivity index (χ1n) is 10.6. The Morgan fingerprint density at radius 3 is 2.52 bits per heavy atom. The molecule has 0 aliphatic carbocycles. The van der Waals surface area contributed by atoms with Gasteiger partial charge in [-0.2, -0.15) is 0 Å². The lowest BCUT2D eigenvalue weighted by atomic mass is 9.98. The number of carboxylic acid groups (broad SMARTS) is 1. The Kier molecular flexibility index (Phi) is 8.03. The Morgan fingerprint density at radius 2 is 1.90 bits per heavy atom. The van der Waals surface area contributed by atoms with Gasteiger partial charge in [0.2, 0.25) is 5.28 Å². The smallest absolute Gasteiger partial charge is 0.303 e. The minimum absolute atomic E-state index is 0.0419. The molecule has 3 rings (SSSR count). The number of halogens is 1. The number of aliphatic carboxylic acids is 1. The van der Waals surface area contributed by atoms with Crippen molar-refractivity contribution in [2.45, 2.75) is 52.0 Å². The molecule has 168 valence electrons. The second-order valence-electron chi connectivity index (χ2n) is 8.39. The maximum atomic E-state index is 11.2. The molecule has 0 saturated carbocycles. The third-order valence-electron chi connectivity index (χ3n) is 5.30. The van der Waals surface area contributed by atoms with Crippen molar-refractivity contribution in [3.05, 3.63) is 35.5 Å². The van der Waals surface area contributed by atoms with Gasteiger partial charge in [-0.3, -0.25) is 4.79 Å². The van der Waals surface area contributed by atoms with Gasteiger partial charge < -0.3 is 20.1 Å². The first-order valence-corrected chi connectivity index (χ1v) is 11.0. The van der Waals surface area contributed by atoms with E-state index in [9.17, 15) is 9.90 Å². The number of nitrogens with one attached hydrogen (secondary N) is 1. The number of ether oxygens (including phenoxy) is 1. The number of hydrogen-bond donors (Lipinski definition) is 2. The summed E-state index contributed by atoms with van der Waals surface area (Å²) in [5.74, 6) is 0.285. The fourth-order valence-corrected chi connectivity index (χ4v) is 3.87. The van der Waals surface area contributed by atoms with E-state index in [0.717, 1.165) is 49.7 Å². The monoisotopic (exact) mass is 447 g/mol. The van der Waals surface area contributed by atoms with Gasteiger partial charge in [0.05, 0.1) is 30.2 Å². The molecule has 0 bridgehead atoms. The van der Waals surface area contributed by atoms with Crippen molar-refractivity contribution in [3.63, 3.8) is 0 Å². The van der Waals surface area contributed by atoms with E-state index in [4.69, 9.17) is 21.3 Å². The average molecular weight is 448 g/mol. The Hall–Kier alpha value is -2.45. The van der Waals surface area contributed by atoms with Gasteiger partial charge in [0.15, 0.2) is 5.82 Å². The van der Waals surface area contributed by atoms with Crippen LogP contribution in [-0.4, -0.2) is 51.8 Å². The Labute approximate surface area is 188 Å². The summed E-state index contributed by atoms with van der Waals surface area (Å²) in [5.41, 5.74) is 2.35. The number of rotatable bonds is 9. The Bertz CT molecular complexity index is 872. The van der Waals surface area contributed by atoms with Crippen LogP contribution in [0.25, 0.3) is 0 Å². The molecule has 0 aromatic carbocycles. The van der Waals surface area contributed by atoms with Gasteiger partial charge in [-0.15, -0.1) is 0 Å². The molecule has 31 heavy (non-hydrogen) atoms. The Balaban J connectivity index is 2.00. The zero-order chi connectivity index (χ0) is 22.4. The zero-order valence-corrected chi connectivity index (χ0v) is 19.0. The highest BCUT2D eigenvalue weighted by Crippen LogP contribution is 2.34. The van der Waals surface area contributed by atoms with Gasteiger partial charge in [-0.05, 0) is 47.9 Å². The van der Waals surface area contributed by atoms with Crippen LogP contribution >= 0.6 is 11.6 Å².